The van der Waals surface area contributed by atoms with Gasteiger partial charge in [-0.05, 0) is 18.6 Å². The van der Waals surface area contributed by atoms with Crippen molar-refractivity contribution in [3.63, 3.8) is 0 Å². The summed E-state index contributed by atoms with van der Waals surface area (Å²) in [5.74, 6) is -0.387. The highest BCUT2D eigenvalue weighted by molar-refractivity contribution is 6.13. The number of rotatable bonds is 1. The third-order valence-corrected chi connectivity index (χ3v) is 2.07. The van der Waals surface area contributed by atoms with Crippen LogP contribution in [0.3, 0.4) is 0 Å². The van der Waals surface area contributed by atoms with Crippen LogP contribution in [0.25, 0.3) is 6.08 Å². The van der Waals surface area contributed by atoms with E-state index in [1.54, 1.807) is 6.08 Å². The molecule has 0 aromatic heterocycles. The van der Waals surface area contributed by atoms with E-state index in [9.17, 15) is 9.59 Å². The van der Waals surface area contributed by atoms with Crippen LogP contribution in [0.1, 0.15) is 11.1 Å². The molecule has 76 valence electrons. The van der Waals surface area contributed by atoms with Crippen LogP contribution in [0.4, 0.5) is 4.79 Å². The second-order valence-corrected chi connectivity index (χ2v) is 3.38. The molecule has 0 radical (unpaired) electrons. The Balaban J connectivity index is 2.31. The van der Waals surface area contributed by atoms with E-state index in [1.807, 2.05) is 31.2 Å². The molecule has 4 nitrogen and oxygen atoms in total. The SMILES string of the molecule is Cc1cccc(C=C2NC(=O)NC2=O)c1. The van der Waals surface area contributed by atoms with Crippen molar-refractivity contribution in [2.45, 2.75) is 6.92 Å². The van der Waals surface area contributed by atoms with Gasteiger partial charge in [-0.2, -0.15) is 0 Å². The Morgan fingerprint density at radius 3 is 2.60 bits per heavy atom. The number of aryl methyl sites for hydroxylation is 1. The number of benzene rings is 1. The highest BCUT2D eigenvalue weighted by atomic mass is 16.2. The van der Waals surface area contributed by atoms with Gasteiger partial charge in [-0.25, -0.2) is 4.79 Å². The lowest BCUT2D eigenvalue weighted by atomic mass is 10.1. The molecule has 1 aliphatic heterocycles. The zero-order chi connectivity index (χ0) is 10.8. The summed E-state index contributed by atoms with van der Waals surface area (Å²) < 4.78 is 0. The molecule has 0 unspecified atom stereocenters. The highest BCUT2D eigenvalue weighted by Gasteiger charge is 2.22. The van der Waals surface area contributed by atoms with Crippen LogP contribution in [0, 0.1) is 6.92 Å². The number of nitrogens with one attached hydrogen (secondary N) is 2. The molecule has 1 aliphatic rings. The fraction of sp³-hybridized carbons (Fsp3) is 0.0909. The maximum atomic E-state index is 11.2. The maximum absolute atomic E-state index is 11.2. The van der Waals surface area contributed by atoms with Crippen molar-refractivity contribution in [1.82, 2.24) is 10.6 Å². The third kappa shape index (κ3) is 2.04. The van der Waals surface area contributed by atoms with Gasteiger partial charge in [-0.1, -0.05) is 29.8 Å². The van der Waals surface area contributed by atoms with Crippen molar-refractivity contribution in [3.8, 4) is 0 Å². The average molecular weight is 202 g/mol. The van der Waals surface area contributed by atoms with Gasteiger partial charge in [0.15, 0.2) is 0 Å². The van der Waals surface area contributed by atoms with Crippen LogP contribution < -0.4 is 10.6 Å². The van der Waals surface area contributed by atoms with Crippen molar-refractivity contribution in [3.05, 3.63) is 41.1 Å². The van der Waals surface area contributed by atoms with Gasteiger partial charge in [-0.15, -0.1) is 0 Å². The fourth-order valence-electron chi connectivity index (χ4n) is 1.41. The molecular formula is C11H10N2O2. The Hall–Kier alpha value is -2.10. The fourth-order valence-corrected chi connectivity index (χ4v) is 1.41. The lowest BCUT2D eigenvalue weighted by molar-refractivity contribution is -0.115. The van der Waals surface area contributed by atoms with Gasteiger partial charge in [0, 0.05) is 0 Å². The first-order valence-corrected chi connectivity index (χ1v) is 4.56. The molecule has 1 aromatic rings. The van der Waals surface area contributed by atoms with E-state index in [0.717, 1.165) is 11.1 Å². The summed E-state index contributed by atoms with van der Waals surface area (Å²) in [7, 11) is 0. The van der Waals surface area contributed by atoms with Gasteiger partial charge in [0.1, 0.15) is 5.70 Å². The molecule has 1 heterocycles. The minimum atomic E-state index is -0.473. The van der Waals surface area contributed by atoms with Gasteiger partial charge in [0.25, 0.3) is 5.91 Å². The smallest absolute Gasteiger partial charge is 0.303 e. The minimum absolute atomic E-state index is 0.283. The van der Waals surface area contributed by atoms with Crippen molar-refractivity contribution in [1.29, 1.82) is 0 Å². The predicted molar refractivity (Wildman–Crippen MR) is 55.8 cm³/mol. The number of carbonyl (C=O) groups excluding carboxylic acids is 2. The average Bonchev–Trinajstić information content (AvgIpc) is 2.45. The summed E-state index contributed by atoms with van der Waals surface area (Å²) in [5, 5.41) is 4.58. The number of amides is 3. The number of carbonyl (C=O) groups is 2. The minimum Gasteiger partial charge on any atom is -0.303 e. The molecule has 0 atom stereocenters. The second-order valence-electron chi connectivity index (χ2n) is 3.38. The Bertz CT molecular complexity index is 463. The van der Waals surface area contributed by atoms with Crippen LogP contribution in [0.5, 0.6) is 0 Å². The lowest BCUT2D eigenvalue weighted by Crippen LogP contribution is -2.22. The Labute approximate surface area is 87.0 Å². The zero-order valence-corrected chi connectivity index (χ0v) is 8.20. The van der Waals surface area contributed by atoms with E-state index in [4.69, 9.17) is 0 Å². The monoisotopic (exact) mass is 202 g/mol. The first-order chi connectivity index (χ1) is 7.15. The molecule has 3 amide bonds. The van der Waals surface area contributed by atoms with Gasteiger partial charge in [0.05, 0.1) is 0 Å². The normalized spacial score (nSPS) is 17.8. The van der Waals surface area contributed by atoms with E-state index in [2.05, 4.69) is 10.6 Å². The number of hydrogen-bond acceptors (Lipinski definition) is 2. The van der Waals surface area contributed by atoms with Crippen molar-refractivity contribution in [2.24, 2.45) is 0 Å². The van der Waals surface area contributed by atoms with Crippen LogP contribution in [0.2, 0.25) is 0 Å². The maximum Gasteiger partial charge on any atom is 0.326 e. The summed E-state index contributed by atoms with van der Waals surface area (Å²) in [6.07, 6.45) is 1.65. The molecule has 1 fully saturated rings. The summed E-state index contributed by atoms with van der Waals surface area (Å²) in [6.45, 7) is 1.97. The van der Waals surface area contributed by atoms with E-state index in [-0.39, 0.29) is 11.6 Å². The third-order valence-electron chi connectivity index (χ3n) is 2.07. The number of urea groups is 1. The highest BCUT2D eigenvalue weighted by Crippen LogP contribution is 2.09. The molecule has 2 rings (SSSR count). The number of hydrogen-bond donors (Lipinski definition) is 2. The van der Waals surface area contributed by atoms with E-state index in [1.165, 1.54) is 0 Å². The number of imide groups is 1. The summed E-state index contributed by atoms with van der Waals surface area (Å²) >= 11 is 0. The van der Waals surface area contributed by atoms with Crippen LogP contribution >= 0.6 is 0 Å². The molecule has 4 heteroatoms. The van der Waals surface area contributed by atoms with Gasteiger partial charge >= 0.3 is 6.03 Å². The molecule has 2 N–H and O–H groups in total. The first-order valence-electron chi connectivity index (χ1n) is 4.56. The van der Waals surface area contributed by atoms with E-state index < -0.39 is 6.03 Å². The Kier molecular flexibility index (Phi) is 2.25. The summed E-state index contributed by atoms with van der Waals surface area (Å²) in [5.41, 5.74) is 2.28. The van der Waals surface area contributed by atoms with Crippen LogP contribution in [-0.4, -0.2) is 11.9 Å². The molecule has 0 aliphatic carbocycles. The molecule has 1 saturated heterocycles. The zero-order valence-electron chi connectivity index (χ0n) is 8.20. The standard InChI is InChI=1S/C11H10N2O2/c1-7-3-2-4-8(5-7)6-9-10(14)13-11(15)12-9/h2-6H,1H3,(H2,12,13,14,15). The molecule has 15 heavy (non-hydrogen) atoms. The largest absolute Gasteiger partial charge is 0.326 e. The first kappa shape index (κ1) is 9.45. The van der Waals surface area contributed by atoms with Gasteiger partial charge < -0.3 is 5.32 Å². The molecule has 0 bridgehead atoms. The van der Waals surface area contributed by atoms with E-state index in [0.29, 0.717) is 0 Å². The summed E-state index contributed by atoms with van der Waals surface area (Å²) in [4.78, 5) is 22.0. The second kappa shape index (κ2) is 3.57. The van der Waals surface area contributed by atoms with Crippen LogP contribution in [0.15, 0.2) is 30.0 Å². The Morgan fingerprint density at radius 1 is 1.20 bits per heavy atom. The predicted octanol–water partition coefficient (Wildman–Crippen LogP) is 1.18. The molecule has 0 spiro atoms. The van der Waals surface area contributed by atoms with Crippen molar-refractivity contribution in [2.75, 3.05) is 0 Å². The molecule has 0 saturated carbocycles. The van der Waals surface area contributed by atoms with Crippen molar-refractivity contribution >= 4 is 18.0 Å². The lowest BCUT2D eigenvalue weighted by Gasteiger charge is -1.97. The topological polar surface area (TPSA) is 58.2 Å². The molecule has 1 aromatic carbocycles. The van der Waals surface area contributed by atoms with Crippen LogP contribution in [-0.2, 0) is 4.79 Å². The van der Waals surface area contributed by atoms with Crippen molar-refractivity contribution < 1.29 is 9.59 Å². The quantitative estimate of drug-likeness (QED) is 0.530. The van der Waals surface area contributed by atoms with Gasteiger partial charge in [-0.3, -0.25) is 10.1 Å². The van der Waals surface area contributed by atoms with Gasteiger partial charge in [0.2, 0.25) is 0 Å². The Morgan fingerprint density at radius 2 is 2.00 bits per heavy atom. The summed E-state index contributed by atoms with van der Waals surface area (Å²) in [6, 6.07) is 7.20. The molecular weight excluding hydrogens is 192 g/mol. The van der Waals surface area contributed by atoms with E-state index >= 15 is 0 Å².